The average molecular weight is 450 g/mol. The quantitative estimate of drug-likeness (QED) is 0.310. The number of Topliss-reactive ketones (excluding diaryl/α,β-unsaturated/α-hetero) is 1. The lowest BCUT2D eigenvalue weighted by Gasteiger charge is -2.16. The number of carbonyl (C=O) groups is 2. The molecule has 0 spiro atoms. The highest BCUT2D eigenvalue weighted by Gasteiger charge is 2.22. The number of benzene rings is 3. The molecule has 2 heterocycles. The first-order chi connectivity index (χ1) is 16.6. The topological polar surface area (TPSA) is 88.0 Å². The standard InChI is InChI=1S/C28H23N3O3/c1-18(32)20-11-13-21(14-12-20)25-15-16-26(34-25)28(33)31-24(17-19-7-3-2-4-8-19)27-29-22-9-5-6-10-23(22)30-27/h2-16,24H,17H2,1H3,(H,29,30)(H,31,33)/t24-/m0/s1. The van der Waals surface area contributed by atoms with Crippen molar-refractivity contribution in [2.75, 3.05) is 0 Å². The van der Waals surface area contributed by atoms with Crippen LogP contribution in [0.5, 0.6) is 0 Å². The van der Waals surface area contributed by atoms with Gasteiger partial charge in [0.1, 0.15) is 11.6 Å². The van der Waals surface area contributed by atoms with Gasteiger partial charge in [0, 0.05) is 11.1 Å². The Bertz CT molecular complexity index is 1420. The van der Waals surface area contributed by atoms with E-state index >= 15 is 0 Å². The Hall–Kier alpha value is -4.45. The molecule has 5 aromatic rings. The van der Waals surface area contributed by atoms with Crippen LogP contribution in [0.4, 0.5) is 0 Å². The number of amides is 1. The molecular weight excluding hydrogens is 426 g/mol. The third-order valence-corrected chi connectivity index (χ3v) is 5.73. The fourth-order valence-corrected chi connectivity index (χ4v) is 3.92. The number of hydrogen-bond acceptors (Lipinski definition) is 4. The van der Waals surface area contributed by atoms with Crippen LogP contribution in [0.15, 0.2) is 95.4 Å². The van der Waals surface area contributed by atoms with Gasteiger partial charge in [0.05, 0.1) is 17.1 Å². The number of ketones is 1. The Labute approximate surface area is 196 Å². The molecule has 0 unspecified atom stereocenters. The second-order valence-electron chi connectivity index (χ2n) is 8.15. The number of imidazole rings is 1. The van der Waals surface area contributed by atoms with Crippen molar-refractivity contribution < 1.29 is 14.0 Å². The number of hydrogen-bond donors (Lipinski definition) is 2. The van der Waals surface area contributed by atoms with Crippen molar-refractivity contribution in [2.45, 2.75) is 19.4 Å². The first kappa shape index (κ1) is 21.4. The molecule has 1 amide bonds. The molecule has 0 fully saturated rings. The van der Waals surface area contributed by atoms with Crippen LogP contribution in [0.2, 0.25) is 0 Å². The van der Waals surface area contributed by atoms with Gasteiger partial charge in [0.2, 0.25) is 0 Å². The molecule has 168 valence electrons. The molecule has 0 radical (unpaired) electrons. The Kier molecular flexibility index (Phi) is 5.79. The molecule has 6 nitrogen and oxygen atoms in total. The zero-order valence-electron chi connectivity index (χ0n) is 18.6. The number of H-pyrrole nitrogens is 1. The maximum atomic E-state index is 13.1. The summed E-state index contributed by atoms with van der Waals surface area (Å²) >= 11 is 0. The lowest BCUT2D eigenvalue weighted by molar-refractivity contribution is 0.0907. The Morgan fingerprint density at radius 1 is 0.912 bits per heavy atom. The number of nitrogens with zero attached hydrogens (tertiary/aromatic N) is 1. The van der Waals surface area contributed by atoms with E-state index in [4.69, 9.17) is 9.40 Å². The summed E-state index contributed by atoms with van der Waals surface area (Å²) in [5.41, 5.74) is 4.27. The number of para-hydroxylation sites is 2. The zero-order valence-corrected chi connectivity index (χ0v) is 18.6. The van der Waals surface area contributed by atoms with Crippen molar-refractivity contribution in [1.29, 1.82) is 0 Å². The predicted octanol–water partition coefficient (Wildman–Crippen LogP) is 5.74. The van der Waals surface area contributed by atoms with Gasteiger partial charge in [-0.2, -0.15) is 0 Å². The predicted molar refractivity (Wildman–Crippen MR) is 131 cm³/mol. The molecule has 0 aliphatic heterocycles. The van der Waals surface area contributed by atoms with Gasteiger partial charge in [-0.15, -0.1) is 0 Å². The van der Waals surface area contributed by atoms with Crippen LogP contribution in [-0.2, 0) is 6.42 Å². The number of furan rings is 1. The summed E-state index contributed by atoms with van der Waals surface area (Å²) in [4.78, 5) is 32.7. The number of carbonyl (C=O) groups excluding carboxylic acids is 2. The van der Waals surface area contributed by atoms with Crippen molar-refractivity contribution in [3.63, 3.8) is 0 Å². The smallest absolute Gasteiger partial charge is 0.287 e. The third kappa shape index (κ3) is 4.52. The first-order valence-corrected chi connectivity index (χ1v) is 11.1. The van der Waals surface area contributed by atoms with Crippen molar-refractivity contribution in [3.8, 4) is 11.3 Å². The van der Waals surface area contributed by atoms with E-state index in [2.05, 4.69) is 10.3 Å². The molecule has 0 aliphatic carbocycles. The molecule has 34 heavy (non-hydrogen) atoms. The van der Waals surface area contributed by atoms with Crippen molar-refractivity contribution >= 4 is 22.7 Å². The maximum Gasteiger partial charge on any atom is 0.287 e. The maximum absolute atomic E-state index is 13.1. The summed E-state index contributed by atoms with van der Waals surface area (Å²) < 4.78 is 5.85. The highest BCUT2D eigenvalue weighted by atomic mass is 16.3. The molecule has 3 aromatic carbocycles. The molecular formula is C28H23N3O3. The van der Waals surface area contributed by atoms with Gasteiger partial charge in [-0.25, -0.2) is 4.98 Å². The summed E-state index contributed by atoms with van der Waals surface area (Å²) in [7, 11) is 0. The minimum absolute atomic E-state index is 0.00102. The van der Waals surface area contributed by atoms with Crippen molar-refractivity contribution in [1.82, 2.24) is 15.3 Å². The minimum Gasteiger partial charge on any atom is -0.451 e. The van der Waals surface area contributed by atoms with Crippen LogP contribution in [0.25, 0.3) is 22.4 Å². The van der Waals surface area contributed by atoms with E-state index in [1.54, 1.807) is 24.3 Å². The number of aromatic amines is 1. The molecule has 2 aromatic heterocycles. The highest BCUT2D eigenvalue weighted by molar-refractivity contribution is 5.94. The normalized spacial score (nSPS) is 11.9. The molecule has 0 bridgehead atoms. The monoisotopic (exact) mass is 449 g/mol. The van der Waals surface area contributed by atoms with Crippen molar-refractivity contribution in [2.24, 2.45) is 0 Å². The number of nitrogens with one attached hydrogen (secondary N) is 2. The van der Waals surface area contributed by atoms with Crippen LogP contribution in [-0.4, -0.2) is 21.7 Å². The van der Waals surface area contributed by atoms with Gasteiger partial charge in [0.25, 0.3) is 5.91 Å². The van der Waals surface area contributed by atoms with E-state index in [0.717, 1.165) is 22.2 Å². The van der Waals surface area contributed by atoms with E-state index in [1.165, 1.54) is 6.92 Å². The molecule has 0 saturated carbocycles. The van der Waals surface area contributed by atoms with Crippen molar-refractivity contribution in [3.05, 3.63) is 114 Å². The highest BCUT2D eigenvalue weighted by Crippen LogP contribution is 2.24. The Morgan fingerprint density at radius 2 is 1.65 bits per heavy atom. The Morgan fingerprint density at radius 3 is 2.38 bits per heavy atom. The minimum atomic E-state index is -0.370. The van der Waals surface area contributed by atoms with Crippen LogP contribution in [0.3, 0.4) is 0 Å². The lowest BCUT2D eigenvalue weighted by atomic mass is 10.1. The lowest BCUT2D eigenvalue weighted by Crippen LogP contribution is -2.30. The largest absolute Gasteiger partial charge is 0.451 e. The summed E-state index contributed by atoms with van der Waals surface area (Å²) in [5, 5.41) is 3.08. The van der Waals surface area contributed by atoms with E-state index in [1.807, 2.05) is 66.7 Å². The van der Waals surface area contributed by atoms with Gasteiger partial charge < -0.3 is 14.7 Å². The molecule has 0 aliphatic rings. The second kappa shape index (κ2) is 9.19. The molecule has 1 atom stereocenters. The van der Waals surface area contributed by atoms with Crippen LogP contribution >= 0.6 is 0 Å². The molecule has 5 rings (SSSR count). The van der Waals surface area contributed by atoms with Gasteiger partial charge in [-0.05, 0) is 43.2 Å². The van der Waals surface area contributed by atoms with Crippen LogP contribution in [0, 0.1) is 0 Å². The zero-order chi connectivity index (χ0) is 23.5. The average Bonchev–Trinajstić information content (AvgIpc) is 3.52. The van der Waals surface area contributed by atoms with Crippen LogP contribution in [0.1, 0.15) is 45.3 Å². The van der Waals surface area contributed by atoms with E-state index in [0.29, 0.717) is 23.6 Å². The van der Waals surface area contributed by atoms with E-state index in [-0.39, 0.29) is 23.5 Å². The fraction of sp³-hybridized carbons (Fsp3) is 0.107. The molecule has 0 saturated heterocycles. The second-order valence-corrected chi connectivity index (χ2v) is 8.15. The summed E-state index contributed by atoms with van der Waals surface area (Å²) in [6.07, 6.45) is 0.576. The first-order valence-electron chi connectivity index (χ1n) is 11.1. The Balaban J connectivity index is 1.39. The van der Waals surface area contributed by atoms with Gasteiger partial charge >= 0.3 is 0 Å². The molecule has 6 heteroatoms. The number of rotatable bonds is 7. The van der Waals surface area contributed by atoms with Gasteiger partial charge in [-0.1, -0.05) is 66.7 Å². The van der Waals surface area contributed by atoms with Crippen LogP contribution < -0.4 is 5.32 Å². The van der Waals surface area contributed by atoms with Gasteiger partial charge in [0.15, 0.2) is 11.5 Å². The van der Waals surface area contributed by atoms with Gasteiger partial charge in [-0.3, -0.25) is 9.59 Å². The molecule has 2 N–H and O–H groups in total. The summed E-state index contributed by atoms with van der Waals surface area (Å²) in [6, 6.07) is 27.9. The van der Waals surface area contributed by atoms with E-state index < -0.39 is 0 Å². The summed E-state index contributed by atoms with van der Waals surface area (Å²) in [5.74, 6) is 1.13. The van der Waals surface area contributed by atoms with E-state index in [9.17, 15) is 9.59 Å². The summed E-state index contributed by atoms with van der Waals surface area (Å²) in [6.45, 7) is 1.53. The number of aromatic nitrogens is 2. The SMILES string of the molecule is CC(=O)c1ccc(-c2ccc(C(=O)N[C@@H](Cc3ccccc3)c3nc4ccccc4[nH]3)o2)cc1. The number of fused-ring (bicyclic) bond motifs is 1. The fourth-order valence-electron chi connectivity index (χ4n) is 3.92. The third-order valence-electron chi connectivity index (χ3n) is 5.73.